The van der Waals surface area contributed by atoms with Crippen LogP contribution in [0.5, 0.6) is 0 Å². The number of rotatable bonds is 6. The maximum atomic E-state index is 13.2. The van der Waals surface area contributed by atoms with Crippen LogP contribution in [-0.4, -0.2) is 49.9 Å². The van der Waals surface area contributed by atoms with Crippen molar-refractivity contribution in [2.24, 2.45) is 0 Å². The standard InChI is InChI=1S/C23H24FN3O5S/c1-16-17(2)32-22(25-16)15-31-23(28)18-4-3-5-21(14-18)33(29,30)27-12-10-26(11-13-27)20-8-6-19(24)7-9-20/h3-9,14H,10-13,15H2,1-2H3. The van der Waals surface area contributed by atoms with E-state index in [1.807, 2.05) is 4.90 Å². The van der Waals surface area contributed by atoms with Gasteiger partial charge in [0.15, 0.2) is 6.61 Å². The van der Waals surface area contributed by atoms with Gasteiger partial charge in [-0.25, -0.2) is 22.6 Å². The molecule has 1 fully saturated rings. The van der Waals surface area contributed by atoms with Crippen molar-refractivity contribution in [1.29, 1.82) is 0 Å². The second kappa shape index (κ2) is 9.32. The number of oxazole rings is 1. The number of nitrogens with zero attached hydrogens (tertiary/aromatic N) is 3. The molecule has 2 heterocycles. The molecule has 0 saturated carbocycles. The fourth-order valence-electron chi connectivity index (χ4n) is 3.58. The molecule has 3 aromatic rings. The van der Waals surface area contributed by atoms with Gasteiger partial charge in [-0.3, -0.25) is 0 Å². The Bertz CT molecular complexity index is 1230. The number of ether oxygens (including phenoxy) is 1. The van der Waals surface area contributed by atoms with Gasteiger partial charge in [0, 0.05) is 31.9 Å². The van der Waals surface area contributed by atoms with Gasteiger partial charge in [-0.2, -0.15) is 4.31 Å². The molecular weight excluding hydrogens is 449 g/mol. The first-order chi connectivity index (χ1) is 15.7. The van der Waals surface area contributed by atoms with E-state index < -0.39 is 16.0 Å². The van der Waals surface area contributed by atoms with Crippen LogP contribution < -0.4 is 4.90 Å². The highest BCUT2D eigenvalue weighted by Gasteiger charge is 2.29. The van der Waals surface area contributed by atoms with E-state index in [9.17, 15) is 17.6 Å². The third kappa shape index (κ3) is 5.07. The molecular formula is C23H24FN3O5S. The van der Waals surface area contributed by atoms with Crippen LogP contribution in [0, 0.1) is 19.7 Å². The fraction of sp³-hybridized carbons (Fsp3) is 0.304. The zero-order valence-corrected chi connectivity index (χ0v) is 19.1. The average molecular weight is 474 g/mol. The van der Waals surface area contributed by atoms with Crippen molar-refractivity contribution in [1.82, 2.24) is 9.29 Å². The number of anilines is 1. The SMILES string of the molecule is Cc1nc(COC(=O)c2cccc(S(=O)(=O)N3CCN(c4ccc(F)cc4)CC3)c2)oc1C. The molecule has 0 unspecified atom stereocenters. The maximum Gasteiger partial charge on any atom is 0.338 e. The molecule has 8 nitrogen and oxygen atoms in total. The summed E-state index contributed by atoms with van der Waals surface area (Å²) in [5.74, 6) is -0.0551. The number of benzene rings is 2. The molecule has 1 aliphatic rings. The van der Waals surface area contributed by atoms with E-state index in [0.29, 0.717) is 24.5 Å². The molecule has 1 saturated heterocycles. The van der Waals surface area contributed by atoms with Crippen LogP contribution in [0.4, 0.5) is 10.1 Å². The largest absolute Gasteiger partial charge is 0.452 e. The molecule has 0 aliphatic carbocycles. The number of carbonyl (C=O) groups is 1. The lowest BCUT2D eigenvalue weighted by Gasteiger charge is -2.35. The van der Waals surface area contributed by atoms with E-state index in [-0.39, 0.29) is 41.9 Å². The monoisotopic (exact) mass is 473 g/mol. The quantitative estimate of drug-likeness (QED) is 0.507. The number of sulfonamides is 1. The number of hydrogen-bond acceptors (Lipinski definition) is 7. The normalized spacial score (nSPS) is 14.9. The summed E-state index contributed by atoms with van der Waals surface area (Å²) in [5.41, 5.74) is 1.68. The van der Waals surface area contributed by atoms with Crippen LogP contribution in [0.3, 0.4) is 0 Å². The Morgan fingerprint density at radius 3 is 2.42 bits per heavy atom. The number of halogens is 1. The average Bonchev–Trinajstić information content (AvgIpc) is 3.15. The van der Waals surface area contributed by atoms with E-state index >= 15 is 0 Å². The second-order valence-corrected chi connectivity index (χ2v) is 9.66. The minimum atomic E-state index is -3.79. The molecule has 1 aliphatic heterocycles. The highest BCUT2D eigenvalue weighted by molar-refractivity contribution is 7.89. The third-order valence-electron chi connectivity index (χ3n) is 5.54. The van der Waals surface area contributed by atoms with Crippen LogP contribution >= 0.6 is 0 Å². The predicted molar refractivity (Wildman–Crippen MR) is 119 cm³/mol. The number of esters is 1. The van der Waals surface area contributed by atoms with Crippen molar-refractivity contribution in [2.45, 2.75) is 25.3 Å². The molecule has 33 heavy (non-hydrogen) atoms. The van der Waals surface area contributed by atoms with E-state index in [1.54, 1.807) is 26.0 Å². The minimum Gasteiger partial charge on any atom is -0.452 e. The Morgan fingerprint density at radius 1 is 1.09 bits per heavy atom. The first kappa shape index (κ1) is 22.9. The highest BCUT2D eigenvalue weighted by atomic mass is 32.2. The van der Waals surface area contributed by atoms with Gasteiger partial charge in [0.05, 0.1) is 16.2 Å². The second-order valence-electron chi connectivity index (χ2n) is 7.72. The number of hydrogen-bond donors (Lipinski definition) is 0. The zero-order valence-electron chi connectivity index (χ0n) is 18.3. The van der Waals surface area contributed by atoms with Crippen molar-refractivity contribution in [3.8, 4) is 0 Å². The van der Waals surface area contributed by atoms with Gasteiger partial charge in [0.2, 0.25) is 15.9 Å². The smallest absolute Gasteiger partial charge is 0.338 e. The Balaban J connectivity index is 1.41. The number of aromatic nitrogens is 1. The summed E-state index contributed by atoms with van der Waals surface area (Å²) in [6.07, 6.45) is 0. The fourth-order valence-corrected chi connectivity index (χ4v) is 5.05. The van der Waals surface area contributed by atoms with Gasteiger partial charge >= 0.3 is 5.97 Å². The Kier molecular flexibility index (Phi) is 6.48. The van der Waals surface area contributed by atoms with Crippen molar-refractivity contribution >= 4 is 21.7 Å². The molecule has 0 radical (unpaired) electrons. The van der Waals surface area contributed by atoms with Crippen LogP contribution in [0.2, 0.25) is 0 Å². The lowest BCUT2D eigenvalue weighted by molar-refractivity contribution is 0.0436. The summed E-state index contributed by atoms with van der Waals surface area (Å²) in [6, 6.07) is 11.9. The lowest BCUT2D eigenvalue weighted by Crippen LogP contribution is -2.48. The van der Waals surface area contributed by atoms with Crippen molar-refractivity contribution in [3.63, 3.8) is 0 Å². The van der Waals surface area contributed by atoms with Gasteiger partial charge in [0.25, 0.3) is 0 Å². The van der Waals surface area contributed by atoms with Gasteiger partial charge in [-0.15, -0.1) is 0 Å². The predicted octanol–water partition coefficient (Wildman–Crippen LogP) is 3.30. The van der Waals surface area contributed by atoms with Gasteiger partial charge < -0.3 is 14.1 Å². The Hall–Kier alpha value is -3.24. The Labute approximate surface area is 191 Å². The maximum absolute atomic E-state index is 13.2. The first-order valence-corrected chi connectivity index (χ1v) is 11.9. The molecule has 1 aromatic heterocycles. The van der Waals surface area contributed by atoms with E-state index in [2.05, 4.69) is 4.98 Å². The summed E-state index contributed by atoms with van der Waals surface area (Å²) < 4.78 is 51.5. The first-order valence-electron chi connectivity index (χ1n) is 10.4. The summed E-state index contributed by atoms with van der Waals surface area (Å²) in [6.45, 7) is 4.91. The highest BCUT2D eigenvalue weighted by Crippen LogP contribution is 2.22. The molecule has 0 spiro atoms. The molecule has 0 atom stereocenters. The van der Waals surface area contributed by atoms with E-state index in [4.69, 9.17) is 9.15 Å². The summed E-state index contributed by atoms with van der Waals surface area (Å²) >= 11 is 0. The lowest BCUT2D eigenvalue weighted by atomic mass is 10.2. The van der Waals surface area contributed by atoms with Crippen molar-refractivity contribution in [3.05, 3.63) is 77.3 Å². The van der Waals surface area contributed by atoms with Crippen LogP contribution in [0.1, 0.15) is 27.7 Å². The van der Waals surface area contributed by atoms with Gasteiger partial charge in [-0.05, 0) is 56.3 Å². The van der Waals surface area contributed by atoms with E-state index in [0.717, 1.165) is 5.69 Å². The van der Waals surface area contributed by atoms with Crippen LogP contribution in [0.25, 0.3) is 0 Å². The molecule has 0 bridgehead atoms. The molecule has 0 amide bonds. The summed E-state index contributed by atoms with van der Waals surface area (Å²) in [5, 5.41) is 0. The topological polar surface area (TPSA) is 92.9 Å². The summed E-state index contributed by atoms with van der Waals surface area (Å²) in [4.78, 5) is 18.6. The van der Waals surface area contributed by atoms with Gasteiger partial charge in [0.1, 0.15) is 11.6 Å². The number of piperazine rings is 1. The third-order valence-corrected chi connectivity index (χ3v) is 7.43. The molecule has 4 rings (SSSR count). The molecule has 2 aromatic carbocycles. The number of aryl methyl sites for hydroxylation is 2. The van der Waals surface area contributed by atoms with Crippen LogP contribution in [0.15, 0.2) is 57.8 Å². The molecule has 174 valence electrons. The Morgan fingerprint density at radius 2 is 1.79 bits per heavy atom. The summed E-state index contributed by atoms with van der Waals surface area (Å²) in [7, 11) is -3.79. The van der Waals surface area contributed by atoms with Crippen molar-refractivity contribution < 1.29 is 26.8 Å². The van der Waals surface area contributed by atoms with Crippen molar-refractivity contribution in [2.75, 3.05) is 31.1 Å². The van der Waals surface area contributed by atoms with Gasteiger partial charge in [-0.1, -0.05) is 6.07 Å². The van der Waals surface area contributed by atoms with E-state index in [1.165, 1.54) is 40.7 Å². The zero-order chi connectivity index (χ0) is 23.6. The molecule has 10 heteroatoms. The number of carbonyl (C=O) groups excluding carboxylic acids is 1. The minimum absolute atomic E-state index is 0.0231. The molecule has 0 N–H and O–H groups in total. The van der Waals surface area contributed by atoms with Crippen LogP contribution in [-0.2, 0) is 21.4 Å².